The van der Waals surface area contributed by atoms with Crippen molar-refractivity contribution in [2.45, 2.75) is 33.2 Å². The first kappa shape index (κ1) is 17.0. The number of aromatic amines is 1. The number of carbonyl (C=O) groups excluding carboxylic acids is 1. The molecule has 104 valence electrons. The van der Waals surface area contributed by atoms with Crippen LogP contribution in [0.4, 0.5) is 0 Å². The van der Waals surface area contributed by atoms with Crippen LogP contribution in [0, 0.1) is 13.8 Å². The Morgan fingerprint density at radius 2 is 2.11 bits per heavy atom. The third kappa shape index (κ3) is 3.73. The van der Waals surface area contributed by atoms with Gasteiger partial charge in [0.25, 0.3) is 0 Å². The van der Waals surface area contributed by atoms with Gasteiger partial charge in [0.15, 0.2) is 0 Å². The molecule has 0 aliphatic heterocycles. The molecule has 1 unspecified atom stereocenters. The summed E-state index contributed by atoms with van der Waals surface area (Å²) < 4.78 is 4.96. The molecule has 0 amide bonds. The molecule has 0 aromatic carbocycles. The van der Waals surface area contributed by atoms with E-state index < -0.39 is 0 Å². The number of nitrogens with two attached hydrogens (primary N) is 1. The van der Waals surface area contributed by atoms with E-state index in [0.29, 0.717) is 18.7 Å². The zero-order chi connectivity index (χ0) is 13.0. The minimum atomic E-state index is -0.350. The molecule has 1 heterocycles. The summed E-state index contributed by atoms with van der Waals surface area (Å²) in [5.74, 6) is -0.350. The van der Waals surface area contributed by atoms with Gasteiger partial charge in [0.05, 0.1) is 13.2 Å². The molecule has 1 aromatic heterocycles. The van der Waals surface area contributed by atoms with Crippen LogP contribution in [0.15, 0.2) is 0 Å². The van der Waals surface area contributed by atoms with Crippen molar-refractivity contribution in [1.82, 2.24) is 4.98 Å². The number of nitrogens with one attached hydrogen (secondary N) is 1. The van der Waals surface area contributed by atoms with Gasteiger partial charge in [0.1, 0.15) is 5.69 Å². The summed E-state index contributed by atoms with van der Waals surface area (Å²) >= 11 is 0. The van der Waals surface area contributed by atoms with Crippen molar-refractivity contribution in [2.24, 2.45) is 5.73 Å². The number of H-pyrrole nitrogens is 1. The first-order valence-corrected chi connectivity index (χ1v) is 5.72. The van der Waals surface area contributed by atoms with Crippen LogP contribution < -0.4 is 5.73 Å². The Balaban J connectivity index is 0.00000289. The first-order chi connectivity index (χ1) is 8.01. The predicted octanol–water partition coefficient (Wildman–Crippen LogP) is 1.09. The Kier molecular flexibility index (Phi) is 6.98. The largest absolute Gasteiger partial charge is 0.461 e. The smallest absolute Gasteiger partial charge is 0.355 e. The van der Waals surface area contributed by atoms with Crippen molar-refractivity contribution in [1.29, 1.82) is 0 Å². The summed E-state index contributed by atoms with van der Waals surface area (Å²) in [5, 5.41) is 8.95. The number of aryl methyl sites for hydroxylation is 1. The number of aliphatic hydroxyl groups is 1. The number of halogens is 1. The Hall–Kier alpha value is -1.04. The molecule has 0 spiro atoms. The molecule has 1 rings (SSSR count). The molecule has 0 fully saturated rings. The second kappa shape index (κ2) is 7.41. The lowest BCUT2D eigenvalue weighted by Crippen LogP contribution is -2.27. The van der Waals surface area contributed by atoms with Gasteiger partial charge in [0.2, 0.25) is 0 Å². The van der Waals surface area contributed by atoms with Gasteiger partial charge in [-0.15, -0.1) is 12.4 Å². The SMILES string of the molecule is CCOC(=O)c1[nH]c(C)c(CC(N)CO)c1C.Cl. The molecule has 0 radical (unpaired) electrons. The zero-order valence-corrected chi connectivity index (χ0v) is 11.8. The van der Waals surface area contributed by atoms with Gasteiger partial charge in [-0.1, -0.05) is 0 Å². The fraction of sp³-hybridized carbons (Fsp3) is 0.583. The molecule has 18 heavy (non-hydrogen) atoms. The van der Waals surface area contributed by atoms with Crippen molar-refractivity contribution < 1.29 is 14.6 Å². The van der Waals surface area contributed by atoms with Crippen molar-refractivity contribution in [3.63, 3.8) is 0 Å². The molecular weight excluding hydrogens is 256 g/mol. The number of esters is 1. The molecule has 0 saturated heterocycles. The van der Waals surface area contributed by atoms with E-state index in [1.165, 1.54) is 0 Å². The monoisotopic (exact) mass is 276 g/mol. The summed E-state index contributed by atoms with van der Waals surface area (Å²) in [6, 6.07) is -0.307. The second-order valence-corrected chi connectivity index (χ2v) is 4.10. The van der Waals surface area contributed by atoms with Crippen LogP contribution in [0.25, 0.3) is 0 Å². The van der Waals surface area contributed by atoms with E-state index in [1.54, 1.807) is 6.92 Å². The molecule has 1 aromatic rings. The highest BCUT2D eigenvalue weighted by atomic mass is 35.5. The predicted molar refractivity (Wildman–Crippen MR) is 72.2 cm³/mol. The maximum absolute atomic E-state index is 11.7. The van der Waals surface area contributed by atoms with Crippen LogP contribution in [0.5, 0.6) is 0 Å². The first-order valence-electron chi connectivity index (χ1n) is 5.72. The van der Waals surface area contributed by atoms with Gasteiger partial charge in [-0.05, 0) is 38.3 Å². The lowest BCUT2D eigenvalue weighted by atomic mass is 10.0. The topological polar surface area (TPSA) is 88.3 Å². The van der Waals surface area contributed by atoms with Crippen LogP contribution >= 0.6 is 12.4 Å². The van der Waals surface area contributed by atoms with Crippen molar-refractivity contribution >= 4 is 18.4 Å². The Morgan fingerprint density at radius 1 is 1.50 bits per heavy atom. The summed E-state index contributed by atoms with van der Waals surface area (Å²) in [7, 11) is 0. The summed E-state index contributed by atoms with van der Waals surface area (Å²) in [5.41, 5.74) is 8.91. The highest BCUT2D eigenvalue weighted by Crippen LogP contribution is 2.20. The van der Waals surface area contributed by atoms with Gasteiger partial charge < -0.3 is 20.6 Å². The third-order valence-corrected chi connectivity index (χ3v) is 2.77. The summed E-state index contributed by atoms with van der Waals surface area (Å²) in [6.45, 7) is 5.79. The Bertz CT molecular complexity index is 404. The van der Waals surface area contributed by atoms with Crippen LogP contribution in [0.1, 0.15) is 34.2 Å². The molecule has 5 nitrogen and oxygen atoms in total. The van der Waals surface area contributed by atoms with Crippen LogP contribution in [0.2, 0.25) is 0 Å². The lowest BCUT2D eigenvalue weighted by molar-refractivity contribution is 0.0519. The van der Waals surface area contributed by atoms with E-state index >= 15 is 0 Å². The normalized spacial score (nSPS) is 11.8. The number of hydrogen-bond acceptors (Lipinski definition) is 4. The summed E-state index contributed by atoms with van der Waals surface area (Å²) in [6.07, 6.45) is 0.546. The van der Waals surface area contributed by atoms with Crippen LogP contribution in [-0.4, -0.2) is 35.3 Å². The number of ether oxygens (including phenoxy) is 1. The van der Waals surface area contributed by atoms with E-state index in [-0.39, 0.29) is 31.0 Å². The molecular formula is C12H21ClN2O3. The zero-order valence-electron chi connectivity index (χ0n) is 10.9. The standard InChI is InChI=1S/C12H20N2O3.ClH/c1-4-17-12(16)11-7(2)10(8(3)14-11)5-9(13)6-15;/h9,14-15H,4-6,13H2,1-3H3;1H. The number of hydrogen-bond donors (Lipinski definition) is 3. The molecule has 0 saturated carbocycles. The number of aromatic nitrogens is 1. The van der Waals surface area contributed by atoms with Gasteiger partial charge >= 0.3 is 5.97 Å². The average molecular weight is 277 g/mol. The molecule has 1 atom stereocenters. The van der Waals surface area contributed by atoms with E-state index in [1.807, 2.05) is 13.8 Å². The fourth-order valence-electron chi connectivity index (χ4n) is 1.83. The van der Waals surface area contributed by atoms with Gasteiger partial charge in [-0.25, -0.2) is 4.79 Å². The van der Waals surface area contributed by atoms with Crippen molar-refractivity contribution in [3.8, 4) is 0 Å². The van der Waals surface area contributed by atoms with Gasteiger partial charge in [-0.2, -0.15) is 0 Å². The summed E-state index contributed by atoms with van der Waals surface area (Å²) in [4.78, 5) is 14.7. The second-order valence-electron chi connectivity index (χ2n) is 4.10. The quantitative estimate of drug-likeness (QED) is 0.703. The third-order valence-electron chi connectivity index (χ3n) is 2.77. The van der Waals surface area contributed by atoms with E-state index in [2.05, 4.69) is 4.98 Å². The fourth-order valence-corrected chi connectivity index (χ4v) is 1.83. The van der Waals surface area contributed by atoms with Crippen LogP contribution in [0.3, 0.4) is 0 Å². The van der Waals surface area contributed by atoms with E-state index in [0.717, 1.165) is 16.8 Å². The Labute approximate surface area is 113 Å². The molecule has 6 heteroatoms. The molecule has 0 bridgehead atoms. The van der Waals surface area contributed by atoms with Gasteiger partial charge in [-0.3, -0.25) is 0 Å². The highest BCUT2D eigenvalue weighted by Gasteiger charge is 2.19. The lowest BCUT2D eigenvalue weighted by Gasteiger charge is -2.08. The minimum Gasteiger partial charge on any atom is -0.461 e. The Morgan fingerprint density at radius 3 is 2.61 bits per heavy atom. The molecule has 0 aliphatic rings. The molecule has 0 aliphatic carbocycles. The van der Waals surface area contributed by atoms with Gasteiger partial charge in [0, 0.05) is 11.7 Å². The van der Waals surface area contributed by atoms with E-state index in [9.17, 15) is 4.79 Å². The number of rotatable bonds is 5. The maximum Gasteiger partial charge on any atom is 0.355 e. The number of aliphatic hydroxyl groups excluding tert-OH is 1. The van der Waals surface area contributed by atoms with E-state index in [4.69, 9.17) is 15.6 Å². The maximum atomic E-state index is 11.7. The van der Waals surface area contributed by atoms with Crippen molar-refractivity contribution in [3.05, 3.63) is 22.5 Å². The highest BCUT2D eigenvalue weighted by molar-refractivity contribution is 5.89. The molecule has 4 N–H and O–H groups in total. The number of carbonyl (C=O) groups is 1. The van der Waals surface area contributed by atoms with Crippen molar-refractivity contribution in [2.75, 3.05) is 13.2 Å². The minimum absolute atomic E-state index is 0. The average Bonchev–Trinajstić information content (AvgIpc) is 2.57. The van der Waals surface area contributed by atoms with Crippen LogP contribution in [-0.2, 0) is 11.2 Å².